The van der Waals surface area contributed by atoms with Gasteiger partial charge in [-0.1, -0.05) is 0 Å². The predicted octanol–water partition coefficient (Wildman–Crippen LogP) is 0.284. The van der Waals surface area contributed by atoms with Crippen molar-refractivity contribution in [2.45, 2.75) is 6.92 Å². The zero-order valence-electron chi connectivity index (χ0n) is 6.69. The first-order chi connectivity index (χ1) is 5.68. The monoisotopic (exact) mass is 163 g/mol. The molecule has 0 saturated heterocycles. The Morgan fingerprint density at radius 3 is 2.75 bits per heavy atom. The summed E-state index contributed by atoms with van der Waals surface area (Å²) in [4.78, 5) is 10.3. The van der Waals surface area contributed by atoms with Gasteiger partial charge in [-0.25, -0.2) is 0 Å². The summed E-state index contributed by atoms with van der Waals surface area (Å²) in [5, 5.41) is 7.61. The van der Waals surface area contributed by atoms with Gasteiger partial charge in [0.2, 0.25) is 5.91 Å². The third kappa shape index (κ3) is 2.49. The van der Waals surface area contributed by atoms with Gasteiger partial charge in [-0.05, 0) is 25.1 Å². The lowest BCUT2D eigenvalue weighted by molar-refractivity contribution is -0.113. The van der Waals surface area contributed by atoms with Crippen LogP contribution in [0.2, 0.25) is 0 Å². The minimum absolute atomic E-state index is 0.489. The van der Waals surface area contributed by atoms with E-state index in [2.05, 4.69) is 10.2 Å². The molecule has 0 aliphatic carbocycles. The molecule has 12 heavy (non-hydrogen) atoms. The molecule has 4 nitrogen and oxygen atoms in total. The molecule has 4 heteroatoms. The van der Waals surface area contributed by atoms with Gasteiger partial charge in [0, 0.05) is 6.08 Å². The van der Waals surface area contributed by atoms with Gasteiger partial charge >= 0.3 is 0 Å². The second-order valence-corrected chi connectivity index (χ2v) is 2.34. The second kappa shape index (κ2) is 3.61. The second-order valence-electron chi connectivity index (χ2n) is 2.34. The van der Waals surface area contributed by atoms with Crippen molar-refractivity contribution < 1.29 is 4.79 Å². The van der Waals surface area contributed by atoms with Crippen LogP contribution in [0.3, 0.4) is 0 Å². The van der Waals surface area contributed by atoms with E-state index in [1.807, 2.05) is 13.0 Å². The lowest BCUT2D eigenvalue weighted by Crippen LogP contribution is -2.05. The quantitative estimate of drug-likeness (QED) is 0.637. The van der Waals surface area contributed by atoms with Gasteiger partial charge in [-0.15, -0.1) is 0 Å². The molecule has 0 atom stereocenters. The number of primary amides is 1. The van der Waals surface area contributed by atoms with Gasteiger partial charge in [0.25, 0.3) is 0 Å². The lowest BCUT2D eigenvalue weighted by atomic mass is 10.3. The van der Waals surface area contributed by atoms with Crippen LogP contribution in [0.5, 0.6) is 0 Å². The number of amides is 1. The van der Waals surface area contributed by atoms with Gasteiger partial charge in [0.1, 0.15) is 0 Å². The zero-order valence-corrected chi connectivity index (χ0v) is 6.69. The summed E-state index contributed by atoms with van der Waals surface area (Å²) in [7, 11) is 0. The largest absolute Gasteiger partial charge is 0.366 e. The fraction of sp³-hybridized carbons (Fsp3) is 0.125. The average Bonchev–Trinajstić information content (AvgIpc) is 2.03. The summed E-state index contributed by atoms with van der Waals surface area (Å²) in [5.41, 5.74) is 6.36. The van der Waals surface area contributed by atoms with Crippen LogP contribution in [0.15, 0.2) is 18.2 Å². The van der Waals surface area contributed by atoms with Crippen molar-refractivity contribution >= 4 is 12.0 Å². The van der Waals surface area contributed by atoms with Crippen molar-refractivity contribution in [3.8, 4) is 0 Å². The van der Waals surface area contributed by atoms with Crippen molar-refractivity contribution in [2.24, 2.45) is 5.73 Å². The minimum Gasteiger partial charge on any atom is -0.366 e. The van der Waals surface area contributed by atoms with Crippen molar-refractivity contribution in [3.63, 3.8) is 0 Å². The van der Waals surface area contributed by atoms with Gasteiger partial charge in [-0.3, -0.25) is 4.79 Å². The van der Waals surface area contributed by atoms with E-state index in [4.69, 9.17) is 5.73 Å². The highest BCUT2D eigenvalue weighted by atomic mass is 16.1. The summed E-state index contributed by atoms with van der Waals surface area (Å²) in [5.74, 6) is -0.489. The van der Waals surface area contributed by atoms with Gasteiger partial charge in [0.15, 0.2) is 0 Å². The van der Waals surface area contributed by atoms with E-state index in [0.29, 0.717) is 5.69 Å². The van der Waals surface area contributed by atoms with Crippen LogP contribution in [0, 0.1) is 6.92 Å². The number of nitrogens with zero attached hydrogens (tertiary/aromatic N) is 2. The van der Waals surface area contributed by atoms with Gasteiger partial charge in [0.05, 0.1) is 11.4 Å². The van der Waals surface area contributed by atoms with Crippen molar-refractivity contribution in [3.05, 3.63) is 29.6 Å². The topological polar surface area (TPSA) is 68.9 Å². The zero-order chi connectivity index (χ0) is 8.97. The van der Waals surface area contributed by atoms with E-state index in [9.17, 15) is 4.79 Å². The molecule has 1 aromatic rings. The molecule has 0 aliphatic heterocycles. The van der Waals surface area contributed by atoms with Crippen LogP contribution in [0.1, 0.15) is 11.4 Å². The van der Waals surface area contributed by atoms with Gasteiger partial charge < -0.3 is 5.73 Å². The number of hydrogen-bond donors (Lipinski definition) is 1. The Morgan fingerprint density at radius 2 is 2.25 bits per heavy atom. The molecule has 0 radical (unpaired) electrons. The summed E-state index contributed by atoms with van der Waals surface area (Å²) in [6.45, 7) is 1.84. The minimum atomic E-state index is -0.489. The Hall–Kier alpha value is -1.71. The van der Waals surface area contributed by atoms with Crippen LogP contribution in [-0.2, 0) is 4.79 Å². The van der Waals surface area contributed by atoms with E-state index in [0.717, 1.165) is 5.69 Å². The summed E-state index contributed by atoms with van der Waals surface area (Å²) < 4.78 is 0. The molecule has 62 valence electrons. The molecule has 2 N–H and O–H groups in total. The van der Waals surface area contributed by atoms with Crippen LogP contribution in [0.25, 0.3) is 6.08 Å². The van der Waals surface area contributed by atoms with Crippen molar-refractivity contribution in [2.75, 3.05) is 0 Å². The molecule has 0 unspecified atom stereocenters. The molecule has 0 spiro atoms. The molecule has 0 saturated carbocycles. The number of carbonyl (C=O) groups excluding carboxylic acids is 1. The molecular weight excluding hydrogens is 154 g/mol. The van der Waals surface area contributed by atoms with Crippen molar-refractivity contribution in [1.82, 2.24) is 10.2 Å². The first-order valence-corrected chi connectivity index (χ1v) is 3.46. The highest BCUT2D eigenvalue weighted by molar-refractivity contribution is 5.89. The fourth-order valence-electron chi connectivity index (χ4n) is 0.666. The Kier molecular flexibility index (Phi) is 2.53. The SMILES string of the molecule is Cc1ccc(C=CC(N)=O)nn1. The first-order valence-electron chi connectivity index (χ1n) is 3.46. The Labute approximate surface area is 70.1 Å². The maximum atomic E-state index is 10.3. The van der Waals surface area contributed by atoms with E-state index in [1.165, 1.54) is 12.2 Å². The average molecular weight is 163 g/mol. The van der Waals surface area contributed by atoms with Crippen LogP contribution < -0.4 is 5.73 Å². The fourth-order valence-corrected chi connectivity index (χ4v) is 0.666. The number of aromatic nitrogens is 2. The normalized spacial score (nSPS) is 10.4. The number of nitrogens with two attached hydrogens (primary N) is 1. The summed E-state index contributed by atoms with van der Waals surface area (Å²) >= 11 is 0. The molecule has 0 aliphatic rings. The molecule has 0 aromatic carbocycles. The molecular formula is C8H9N3O. The number of carbonyl (C=O) groups is 1. The predicted molar refractivity (Wildman–Crippen MR) is 45.0 cm³/mol. The van der Waals surface area contributed by atoms with E-state index in [-0.39, 0.29) is 0 Å². The number of aryl methyl sites for hydroxylation is 1. The Bertz CT molecular complexity index is 303. The summed E-state index contributed by atoms with van der Waals surface area (Å²) in [6, 6.07) is 3.58. The Morgan fingerprint density at radius 1 is 1.50 bits per heavy atom. The van der Waals surface area contributed by atoms with Gasteiger partial charge in [-0.2, -0.15) is 10.2 Å². The van der Waals surface area contributed by atoms with Crippen LogP contribution in [0.4, 0.5) is 0 Å². The molecule has 0 bridgehead atoms. The lowest BCUT2D eigenvalue weighted by Gasteiger charge is -1.90. The first kappa shape index (κ1) is 8.39. The smallest absolute Gasteiger partial charge is 0.241 e. The third-order valence-corrected chi connectivity index (χ3v) is 1.24. The molecule has 1 amide bonds. The van der Waals surface area contributed by atoms with E-state index < -0.39 is 5.91 Å². The standard InChI is InChI=1S/C8H9N3O/c1-6-2-3-7(11-10-6)4-5-8(9)12/h2-5H,1H3,(H2,9,12). The molecule has 1 heterocycles. The number of rotatable bonds is 2. The molecule has 1 rings (SSSR count). The number of hydrogen-bond acceptors (Lipinski definition) is 3. The third-order valence-electron chi connectivity index (χ3n) is 1.24. The maximum absolute atomic E-state index is 10.3. The van der Waals surface area contributed by atoms with Crippen LogP contribution in [-0.4, -0.2) is 16.1 Å². The molecule has 1 aromatic heterocycles. The summed E-state index contributed by atoms with van der Waals surface area (Å²) in [6.07, 6.45) is 2.77. The Balaban J connectivity index is 2.77. The maximum Gasteiger partial charge on any atom is 0.241 e. The van der Waals surface area contributed by atoms with E-state index >= 15 is 0 Å². The van der Waals surface area contributed by atoms with E-state index in [1.54, 1.807) is 6.07 Å². The van der Waals surface area contributed by atoms with Crippen LogP contribution >= 0.6 is 0 Å². The highest BCUT2D eigenvalue weighted by Crippen LogP contribution is 1.96. The van der Waals surface area contributed by atoms with Crippen molar-refractivity contribution in [1.29, 1.82) is 0 Å². The molecule has 0 fully saturated rings. The highest BCUT2D eigenvalue weighted by Gasteiger charge is 1.89.